The Bertz CT molecular complexity index is 554. The summed E-state index contributed by atoms with van der Waals surface area (Å²) in [5.74, 6) is -0.490. The van der Waals surface area contributed by atoms with Crippen molar-refractivity contribution in [2.45, 2.75) is 13.3 Å². The maximum Gasteiger partial charge on any atom is 0.165 e. The lowest BCUT2D eigenvalue weighted by molar-refractivity contribution is 0.111. The third-order valence-electron chi connectivity index (χ3n) is 2.54. The Kier molecular flexibility index (Phi) is 4.04. The second-order valence-electron chi connectivity index (χ2n) is 3.74. The minimum atomic E-state index is -0.513. The quantitative estimate of drug-likeness (QED) is 0.780. The first-order valence-corrected chi connectivity index (χ1v) is 6.36. The summed E-state index contributed by atoms with van der Waals surface area (Å²) in [7, 11) is 0. The summed E-state index contributed by atoms with van der Waals surface area (Å²) < 4.78 is 18.8. The van der Waals surface area contributed by atoms with E-state index in [1.807, 2.05) is 6.92 Å². The molecule has 0 aliphatic carbocycles. The van der Waals surface area contributed by atoms with E-state index in [9.17, 15) is 9.18 Å². The van der Waals surface area contributed by atoms with Gasteiger partial charge in [0.05, 0.1) is 23.4 Å². The van der Waals surface area contributed by atoms with Gasteiger partial charge in [0, 0.05) is 11.3 Å². The smallest absolute Gasteiger partial charge is 0.165 e. The summed E-state index contributed by atoms with van der Waals surface area (Å²) in [6, 6.07) is 4.29. The molecule has 0 saturated heterocycles. The molecule has 0 spiro atoms. The lowest BCUT2D eigenvalue weighted by atomic mass is 10.2. The van der Waals surface area contributed by atoms with Crippen LogP contribution in [0.1, 0.15) is 20.9 Å². The van der Waals surface area contributed by atoms with Gasteiger partial charge in [0.1, 0.15) is 0 Å². The second-order valence-corrected chi connectivity index (χ2v) is 4.67. The molecule has 0 saturated carbocycles. The number of para-hydroxylation sites is 1. The van der Waals surface area contributed by atoms with Gasteiger partial charge in [0.25, 0.3) is 0 Å². The molecule has 1 heterocycles. The van der Waals surface area contributed by atoms with Gasteiger partial charge in [-0.25, -0.2) is 9.37 Å². The maximum atomic E-state index is 13.5. The van der Waals surface area contributed by atoms with Crippen LogP contribution in [0.5, 0.6) is 5.75 Å². The van der Waals surface area contributed by atoms with Crippen molar-refractivity contribution in [3.8, 4) is 5.75 Å². The average Bonchev–Trinajstić information content (AvgIpc) is 2.77. The Morgan fingerprint density at radius 1 is 1.50 bits per heavy atom. The Labute approximate surface area is 108 Å². The minimum absolute atomic E-state index is 0.0228. The number of hydrogen-bond donors (Lipinski definition) is 0. The fourth-order valence-corrected chi connectivity index (χ4v) is 2.35. The number of halogens is 1. The second kappa shape index (κ2) is 5.73. The maximum absolute atomic E-state index is 13.5. The van der Waals surface area contributed by atoms with E-state index in [0.717, 1.165) is 10.6 Å². The predicted octanol–water partition coefficient (Wildman–Crippen LogP) is 3.02. The van der Waals surface area contributed by atoms with E-state index in [1.165, 1.54) is 18.2 Å². The van der Waals surface area contributed by atoms with Crippen molar-refractivity contribution in [2.75, 3.05) is 6.61 Å². The summed E-state index contributed by atoms with van der Waals surface area (Å²) >= 11 is 1.54. The van der Waals surface area contributed by atoms with Gasteiger partial charge in [-0.3, -0.25) is 4.79 Å². The van der Waals surface area contributed by atoms with Crippen molar-refractivity contribution in [3.63, 3.8) is 0 Å². The number of ether oxygens (including phenoxy) is 1. The SMILES string of the molecule is Cc1ncsc1CCOc1c(F)cccc1C=O. The fraction of sp³-hybridized carbons (Fsp3) is 0.231. The molecular weight excluding hydrogens is 253 g/mol. The van der Waals surface area contributed by atoms with Crippen LogP contribution in [0, 0.1) is 12.7 Å². The molecule has 2 rings (SSSR count). The van der Waals surface area contributed by atoms with Crippen LogP contribution in [0.15, 0.2) is 23.7 Å². The van der Waals surface area contributed by atoms with Crippen LogP contribution in [-0.4, -0.2) is 17.9 Å². The molecule has 18 heavy (non-hydrogen) atoms. The Balaban J connectivity index is 2.02. The van der Waals surface area contributed by atoms with Gasteiger partial charge in [-0.1, -0.05) is 6.07 Å². The summed E-state index contributed by atoms with van der Waals surface area (Å²) in [5.41, 5.74) is 2.97. The number of nitrogens with zero attached hydrogens (tertiary/aromatic N) is 1. The van der Waals surface area contributed by atoms with Crippen LogP contribution in [-0.2, 0) is 6.42 Å². The third-order valence-corrected chi connectivity index (χ3v) is 3.54. The van der Waals surface area contributed by atoms with Crippen molar-refractivity contribution in [1.29, 1.82) is 0 Å². The van der Waals surface area contributed by atoms with E-state index in [0.29, 0.717) is 19.3 Å². The zero-order valence-electron chi connectivity index (χ0n) is 9.85. The van der Waals surface area contributed by atoms with Crippen LogP contribution in [0.3, 0.4) is 0 Å². The lowest BCUT2D eigenvalue weighted by Gasteiger charge is -2.08. The van der Waals surface area contributed by atoms with Crippen molar-refractivity contribution < 1.29 is 13.9 Å². The third kappa shape index (κ3) is 2.73. The lowest BCUT2D eigenvalue weighted by Crippen LogP contribution is -2.04. The normalized spacial score (nSPS) is 10.3. The van der Waals surface area contributed by atoms with Crippen LogP contribution < -0.4 is 4.74 Å². The summed E-state index contributed by atoms with van der Waals surface area (Å²) in [6.45, 7) is 2.25. The number of thiazole rings is 1. The Hall–Kier alpha value is -1.75. The number of carbonyl (C=O) groups is 1. The molecule has 0 radical (unpaired) electrons. The molecular formula is C13H12FNO2S. The van der Waals surface area contributed by atoms with E-state index in [2.05, 4.69) is 4.98 Å². The molecule has 1 aromatic carbocycles. The minimum Gasteiger partial charge on any atom is -0.489 e. The van der Waals surface area contributed by atoms with E-state index in [-0.39, 0.29) is 11.3 Å². The first-order valence-electron chi connectivity index (χ1n) is 5.48. The molecule has 1 aromatic heterocycles. The van der Waals surface area contributed by atoms with Gasteiger partial charge in [0.15, 0.2) is 17.9 Å². The average molecular weight is 265 g/mol. The van der Waals surface area contributed by atoms with Crippen molar-refractivity contribution in [3.05, 3.63) is 45.7 Å². The number of hydrogen-bond acceptors (Lipinski definition) is 4. The molecule has 0 aliphatic heterocycles. The highest BCUT2D eigenvalue weighted by Gasteiger charge is 2.09. The van der Waals surface area contributed by atoms with Crippen LogP contribution in [0.4, 0.5) is 4.39 Å². The number of aldehydes is 1. The largest absolute Gasteiger partial charge is 0.489 e. The topological polar surface area (TPSA) is 39.2 Å². The number of rotatable bonds is 5. The van der Waals surface area contributed by atoms with Gasteiger partial charge in [-0.2, -0.15) is 0 Å². The van der Waals surface area contributed by atoms with E-state index < -0.39 is 5.82 Å². The number of carbonyl (C=O) groups excluding carboxylic acids is 1. The highest BCUT2D eigenvalue weighted by molar-refractivity contribution is 7.09. The van der Waals surface area contributed by atoms with Gasteiger partial charge in [-0.15, -0.1) is 11.3 Å². The Morgan fingerprint density at radius 2 is 2.33 bits per heavy atom. The van der Waals surface area contributed by atoms with E-state index >= 15 is 0 Å². The zero-order valence-corrected chi connectivity index (χ0v) is 10.7. The van der Waals surface area contributed by atoms with Crippen LogP contribution in [0.2, 0.25) is 0 Å². The molecule has 0 bridgehead atoms. The molecule has 0 aliphatic rings. The molecule has 0 amide bonds. The van der Waals surface area contributed by atoms with Crippen LogP contribution in [0.25, 0.3) is 0 Å². The molecule has 5 heteroatoms. The monoisotopic (exact) mass is 265 g/mol. The summed E-state index contributed by atoms with van der Waals surface area (Å²) in [5, 5.41) is 0. The molecule has 0 N–H and O–H groups in total. The molecule has 2 aromatic rings. The summed E-state index contributed by atoms with van der Waals surface area (Å²) in [4.78, 5) is 16.0. The number of aryl methyl sites for hydroxylation is 1. The predicted molar refractivity (Wildman–Crippen MR) is 67.8 cm³/mol. The van der Waals surface area contributed by atoms with Crippen molar-refractivity contribution in [1.82, 2.24) is 4.98 Å². The first kappa shape index (κ1) is 12.7. The van der Waals surface area contributed by atoms with E-state index in [1.54, 1.807) is 16.8 Å². The fourth-order valence-electron chi connectivity index (χ4n) is 1.58. The molecule has 0 fully saturated rings. The standard InChI is InChI=1S/C13H12FNO2S/c1-9-12(18-8-15-9)5-6-17-13-10(7-16)3-2-4-11(13)14/h2-4,7-8H,5-6H2,1H3. The van der Waals surface area contributed by atoms with Crippen LogP contribution >= 0.6 is 11.3 Å². The molecule has 0 unspecified atom stereocenters. The zero-order chi connectivity index (χ0) is 13.0. The van der Waals surface area contributed by atoms with Gasteiger partial charge in [-0.05, 0) is 19.1 Å². The number of benzene rings is 1. The number of aromatic nitrogens is 1. The first-order chi connectivity index (χ1) is 8.72. The molecule has 3 nitrogen and oxygen atoms in total. The molecule has 0 atom stereocenters. The van der Waals surface area contributed by atoms with Gasteiger partial charge in [0.2, 0.25) is 0 Å². The molecule has 94 valence electrons. The van der Waals surface area contributed by atoms with Crippen molar-refractivity contribution in [2.24, 2.45) is 0 Å². The Morgan fingerprint density at radius 3 is 3.00 bits per heavy atom. The summed E-state index contributed by atoms with van der Waals surface area (Å²) in [6.07, 6.45) is 1.25. The van der Waals surface area contributed by atoms with Gasteiger partial charge >= 0.3 is 0 Å². The van der Waals surface area contributed by atoms with E-state index in [4.69, 9.17) is 4.74 Å². The van der Waals surface area contributed by atoms with Crippen molar-refractivity contribution >= 4 is 17.6 Å². The highest BCUT2D eigenvalue weighted by Crippen LogP contribution is 2.22. The van der Waals surface area contributed by atoms with Gasteiger partial charge < -0.3 is 4.74 Å². The highest BCUT2D eigenvalue weighted by atomic mass is 32.1.